The monoisotopic (exact) mass is 491 g/mol. The zero-order valence-electron chi connectivity index (χ0n) is 19.7. The molecule has 11 nitrogen and oxygen atoms in total. The Morgan fingerprint density at radius 2 is 1.94 bits per heavy atom. The second kappa shape index (κ2) is 9.51. The fourth-order valence-electron chi connectivity index (χ4n) is 4.87. The molecule has 0 bridgehead atoms. The van der Waals surface area contributed by atoms with E-state index in [1.54, 1.807) is 41.8 Å². The molecule has 0 saturated carbocycles. The molecule has 2 aliphatic heterocycles. The van der Waals surface area contributed by atoms with Crippen LogP contribution in [0.1, 0.15) is 23.0 Å². The molecule has 0 aliphatic carbocycles. The minimum absolute atomic E-state index is 0.115. The number of aromatic nitrogens is 2. The second-order valence-corrected chi connectivity index (χ2v) is 8.77. The predicted molar refractivity (Wildman–Crippen MR) is 129 cm³/mol. The molecule has 0 radical (unpaired) electrons. The third-order valence-electron chi connectivity index (χ3n) is 6.63. The third kappa shape index (κ3) is 4.12. The molecule has 2 saturated heterocycles. The fraction of sp³-hybridized carbons (Fsp3) is 0.320. The number of amides is 1. The molecule has 0 unspecified atom stereocenters. The number of nitrogens with zero attached hydrogens (tertiary/aromatic N) is 5. The molecule has 11 heteroatoms. The molecule has 1 N–H and O–H groups in total. The number of aliphatic hydroxyl groups is 1. The molecule has 2 fully saturated rings. The number of rotatable bonds is 6. The maximum absolute atomic E-state index is 13.3. The zero-order valence-corrected chi connectivity index (χ0v) is 19.7. The number of imidazole rings is 1. The lowest BCUT2D eigenvalue weighted by atomic mass is 9.96. The minimum Gasteiger partial charge on any atom is -0.505 e. The Morgan fingerprint density at radius 3 is 2.69 bits per heavy atom. The van der Waals surface area contributed by atoms with Gasteiger partial charge in [-0.05, 0) is 24.6 Å². The summed E-state index contributed by atoms with van der Waals surface area (Å²) in [6, 6.07) is 10.2. The van der Waals surface area contributed by atoms with Gasteiger partial charge in [-0.1, -0.05) is 18.2 Å². The van der Waals surface area contributed by atoms with E-state index in [0.29, 0.717) is 55.4 Å². The third-order valence-corrected chi connectivity index (χ3v) is 6.63. The van der Waals surface area contributed by atoms with Crippen LogP contribution in [0.2, 0.25) is 0 Å². The number of nitro groups is 1. The van der Waals surface area contributed by atoms with E-state index in [4.69, 9.17) is 4.74 Å². The predicted octanol–water partition coefficient (Wildman–Crippen LogP) is 2.30. The van der Waals surface area contributed by atoms with Crippen molar-refractivity contribution in [2.75, 3.05) is 39.4 Å². The van der Waals surface area contributed by atoms with Gasteiger partial charge >= 0.3 is 0 Å². The van der Waals surface area contributed by atoms with Crippen molar-refractivity contribution >= 4 is 28.8 Å². The van der Waals surface area contributed by atoms with Crippen molar-refractivity contribution < 1.29 is 24.4 Å². The van der Waals surface area contributed by atoms with E-state index >= 15 is 0 Å². The molecular weight excluding hydrogens is 466 g/mol. The largest absolute Gasteiger partial charge is 0.505 e. The SMILES string of the molecule is Cc1nc2ccccn2c1/C(O)=C1\C(=O)C(=O)N(CCN2CCOCC2)[C@H]1c1cccc([N+](=O)[O-])c1. The van der Waals surface area contributed by atoms with Gasteiger partial charge in [-0.15, -0.1) is 0 Å². The van der Waals surface area contributed by atoms with Gasteiger partial charge in [0.25, 0.3) is 17.4 Å². The second-order valence-electron chi connectivity index (χ2n) is 8.77. The van der Waals surface area contributed by atoms with Gasteiger partial charge in [0, 0.05) is 44.5 Å². The van der Waals surface area contributed by atoms with Crippen molar-refractivity contribution in [3.63, 3.8) is 0 Å². The van der Waals surface area contributed by atoms with Gasteiger partial charge < -0.3 is 14.7 Å². The highest BCUT2D eigenvalue weighted by atomic mass is 16.6. The number of likely N-dealkylation sites (tertiary alicyclic amines) is 1. The number of ether oxygens (including phenoxy) is 1. The lowest BCUT2D eigenvalue weighted by Gasteiger charge is -2.31. The molecule has 1 atom stereocenters. The molecule has 1 aromatic carbocycles. The maximum Gasteiger partial charge on any atom is 0.295 e. The Labute approximate surface area is 206 Å². The first-order valence-corrected chi connectivity index (χ1v) is 11.6. The van der Waals surface area contributed by atoms with Crippen LogP contribution < -0.4 is 0 Å². The van der Waals surface area contributed by atoms with Crippen molar-refractivity contribution in [2.45, 2.75) is 13.0 Å². The van der Waals surface area contributed by atoms with Crippen LogP contribution in [0.4, 0.5) is 5.69 Å². The summed E-state index contributed by atoms with van der Waals surface area (Å²) in [6.07, 6.45) is 1.71. The van der Waals surface area contributed by atoms with Gasteiger partial charge in [0.2, 0.25) is 0 Å². The number of hydrogen-bond donors (Lipinski definition) is 1. The number of nitro benzene ring substituents is 1. The summed E-state index contributed by atoms with van der Waals surface area (Å²) < 4.78 is 7.03. The van der Waals surface area contributed by atoms with Crippen LogP contribution in [-0.2, 0) is 14.3 Å². The molecule has 5 rings (SSSR count). The number of benzene rings is 1. The number of aryl methyl sites for hydroxylation is 1. The number of ketones is 1. The lowest BCUT2D eigenvalue weighted by molar-refractivity contribution is -0.384. The quantitative estimate of drug-likeness (QED) is 0.183. The summed E-state index contributed by atoms with van der Waals surface area (Å²) in [5.74, 6) is -1.96. The van der Waals surface area contributed by atoms with Gasteiger partial charge in [-0.25, -0.2) is 4.98 Å². The van der Waals surface area contributed by atoms with E-state index in [9.17, 15) is 24.8 Å². The topological polar surface area (TPSA) is 131 Å². The Kier molecular flexibility index (Phi) is 6.25. The van der Waals surface area contributed by atoms with Gasteiger partial charge in [-0.3, -0.25) is 29.0 Å². The number of carbonyl (C=O) groups is 2. The van der Waals surface area contributed by atoms with Crippen molar-refractivity contribution in [3.05, 3.63) is 81.3 Å². The highest BCUT2D eigenvalue weighted by Gasteiger charge is 2.46. The summed E-state index contributed by atoms with van der Waals surface area (Å²) in [7, 11) is 0. The average molecular weight is 492 g/mol. The van der Waals surface area contributed by atoms with E-state index in [1.165, 1.54) is 23.1 Å². The molecule has 2 aromatic heterocycles. The van der Waals surface area contributed by atoms with E-state index in [2.05, 4.69) is 9.88 Å². The molecule has 186 valence electrons. The van der Waals surface area contributed by atoms with Crippen molar-refractivity contribution in [1.82, 2.24) is 19.2 Å². The van der Waals surface area contributed by atoms with Crippen LogP contribution in [0.3, 0.4) is 0 Å². The van der Waals surface area contributed by atoms with Gasteiger partial charge in [0.1, 0.15) is 11.3 Å². The molecule has 3 aromatic rings. The molecule has 36 heavy (non-hydrogen) atoms. The summed E-state index contributed by atoms with van der Waals surface area (Å²) in [4.78, 5) is 45.5. The van der Waals surface area contributed by atoms with Gasteiger partial charge in [0.15, 0.2) is 5.76 Å². The van der Waals surface area contributed by atoms with Crippen LogP contribution in [0.15, 0.2) is 54.2 Å². The lowest BCUT2D eigenvalue weighted by Crippen LogP contribution is -2.42. The first-order valence-electron chi connectivity index (χ1n) is 11.6. The normalized spacial score (nSPS) is 20.4. The minimum atomic E-state index is -0.986. The number of Topliss-reactive ketones (excluding diaryl/α,β-unsaturated/α-hetero) is 1. The first kappa shape index (κ1) is 23.6. The maximum atomic E-state index is 13.3. The number of pyridine rings is 1. The molecule has 0 spiro atoms. The van der Waals surface area contributed by atoms with Crippen LogP contribution in [0.5, 0.6) is 0 Å². The van der Waals surface area contributed by atoms with Crippen LogP contribution in [0, 0.1) is 17.0 Å². The first-order chi connectivity index (χ1) is 17.4. The van der Waals surface area contributed by atoms with E-state index in [0.717, 1.165) is 0 Å². The number of non-ortho nitro benzene ring substituents is 1. The smallest absolute Gasteiger partial charge is 0.295 e. The number of carbonyl (C=O) groups excluding carboxylic acids is 2. The highest BCUT2D eigenvalue weighted by Crippen LogP contribution is 2.40. The number of hydrogen-bond acceptors (Lipinski definition) is 8. The summed E-state index contributed by atoms with van der Waals surface area (Å²) in [5.41, 5.74) is 1.44. The van der Waals surface area contributed by atoms with Crippen LogP contribution in [-0.4, -0.2) is 80.3 Å². The summed E-state index contributed by atoms with van der Waals surface area (Å²) in [6.45, 7) is 4.98. The zero-order chi connectivity index (χ0) is 25.4. The number of morpholine rings is 1. The Balaban J connectivity index is 1.63. The highest BCUT2D eigenvalue weighted by molar-refractivity contribution is 6.46. The fourth-order valence-corrected chi connectivity index (χ4v) is 4.87. The van der Waals surface area contributed by atoms with Crippen molar-refractivity contribution in [2.24, 2.45) is 0 Å². The van der Waals surface area contributed by atoms with E-state index in [-0.39, 0.29) is 23.6 Å². The summed E-state index contributed by atoms with van der Waals surface area (Å²) >= 11 is 0. The van der Waals surface area contributed by atoms with Crippen LogP contribution in [0.25, 0.3) is 11.4 Å². The average Bonchev–Trinajstić information content (AvgIpc) is 3.35. The van der Waals surface area contributed by atoms with Crippen LogP contribution >= 0.6 is 0 Å². The Morgan fingerprint density at radius 1 is 1.17 bits per heavy atom. The van der Waals surface area contributed by atoms with Crippen molar-refractivity contribution in [3.8, 4) is 0 Å². The molecule has 2 aliphatic rings. The molecular formula is C25H25N5O6. The molecule has 4 heterocycles. The number of aliphatic hydroxyl groups excluding tert-OH is 1. The van der Waals surface area contributed by atoms with E-state index in [1.807, 2.05) is 0 Å². The Bertz CT molecular complexity index is 1390. The van der Waals surface area contributed by atoms with Gasteiger partial charge in [-0.2, -0.15) is 0 Å². The number of fused-ring (bicyclic) bond motifs is 1. The standard InChI is InChI=1S/C25H25N5O6/c1-16-21(28-8-3-2-7-19(28)26-16)23(31)20-22(17-5-4-6-18(15-17)30(34)35)29(25(33)24(20)32)10-9-27-11-13-36-14-12-27/h2-8,15,22,31H,9-14H2,1H3/b23-20+/t22-/m0/s1. The van der Waals surface area contributed by atoms with E-state index < -0.39 is 22.7 Å². The van der Waals surface area contributed by atoms with Crippen molar-refractivity contribution in [1.29, 1.82) is 0 Å². The van der Waals surface area contributed by atoms with Gasteiger partial charge in [0.05, 0.1) is 35.4 Å². The Hall–Kier alpha value is -4.09. The molecule has 1 amide bonds. The summed E-state index contributed by atoms with van der Waals surface area (Å²) in [5, 5.41) is 22.9.